The van der Waals surface area contributed by atoms with Crippen LogP contribution in [0.5, 0.6) is 0 Å². The van der Waals surface area contributed by atoms with Crippen molar-refractivity contribution in [3.05, 3.63) is 29.8 Å². The van der Waals surface area contributed by atoms with E-state index in [9.17, 15) is 4.79 Å². The monoisotopic (exact) mass is 223 g/mol. The molecular weight excluding hydrogens is 202 g/mol. The van der Waals surface area contributed by atoms with E-state index in [1.165, 1.54) is 0 Å². The number of rotatable bonds is 3. The normalized spacial score (nSPS) is 9.38. The average Bonchev–Trinajstić information content (AvgIpc) is 2.32. The molecule has 0 heterocycles. The number of carbonyl (C=O) groups excluding carboxylic acids is 1. The summed E-state index contributed by atoms with van der Waals surface area (Å²) in [6, 6.07) is 7.23. The molecule has 3 nitrogen and oxygen atoms in total. The van der Waals surface area contributed by atoms with E-state index < -0.39 is 0 Å². The minimum Gasteiger partial charge on any atom is -0.392 e. The van der Waals surface area contributed by atoms with Crippen LogP contribution in [0, 0.1) is 5.92 Å². The van der Waals surface area contributed by atoms with Crippen LogP contribution in [0.4, 0.5) is 5.69 Å². The second kappa shape index (κ2) is 7.88. The molecule has 0 aliphatic carbocycles. The molecule has 0 saturated carbocycles. The topological polar surface area (TPSA) is 49.3 Å². The largest absolute Gasteiger partial charge is 0.392 e. The number of hydrogen-bond acceptors (Lipinski definition) is 2. The fraction of sp³-hybridized carbons (Fsp3) is 0.462. The zero-order valence-electron chi connectivity index (χ0n) is 10.4. The third-order valence-electron chi connectivity index (χ3n) is 1.97. The lowest BCUT2D eigenvalue weighted by Crippen LogP contribution is -2.18. The van der Waals surface area contributed by atoms with Crippen LogP contribution in [0.3, 0.4) is 0 Å². The van der Waals surface area contributed by atoms with Crippen molar-refractivity contribution in [1.82, 2.24) is 0 Å². The van der Waals surface area contributed by atoms with Gasteiger partial charge in [-0.2, -0.15) is 0 Å². The number of benzene rings is 1. The van der Waals surface area contributed by atoms with Crippen molar-refractivity contribution < 1.29 is 9.90 Å². The van der Waals surface area contributed by atoms with Gasteiger partial charge in [0.1, 0.15) is 0 Å². The summed E-state index contributed by atoms with van der Waals surface area (Å²) in [6.45, 7) is 7.60. The van der Waals surface area contributed by atoms with Crippen molar-refractivity contribution >= 4 is 11.6 Å². The van der Waals surface area contributed by atoms with Gasteiger partial charge in [0.15, 0.2) is 0 Å². The van der Waals surface area contributed by atoms with Crippen LogP contribution < -0.4 is 5.32 Å². The lowest BCUT2D eigenvalue weighted by Gasteiger charge is -2.10. The van der Waals surface area contributed by atoms with Gasteiger partial charge in [-0.25, -0.2) is 0 Å². The van der Waals surface area contributed by atoms with Crippen LogP contribution in [-0.2, 0) is 11.4 Å². The summed E-state index contributed by atoms with van der Waals surface area (Å²) in [6.07, 6.45) is 0. The van der Waals surface area contributed by atoms with Crippen molar-refractivity contribution in [2.45, 2.75) is 34.3 Å². The second-order valence-electron chi connectivity index (χ2n) is 3.46. The van der Waals surface area contributed by atoms with Crippen LogP contribution in [0.1, 0.15) is 33.3 Å². The molecule has 1 amide bonds. The smallest absolute Gasteiger partial charge is 0.226 e. The van der Waals surface area contributed by atoms with Crippen LogP contribution >= 0.6 is 0 Å². The van der Waals surface area contributed by atoms with Crippen molar-refractivity contribution in [3.63, 3.8) is 0 Å². The Bertz CT molecular complexity index is 321. The molecule has 1 aromatic carbocycles. The zero-order chi connectivity index (χ0) is 12.6. The molecule has 0 radical (unpaired) electrons. The van der Waals surface area contributed by atoms with E-state index in [1.54, 1.807) is 12.1 Å². The molecule has 1 aromatic rings. The van der Waals surface area contributed by atoms with Gasteiger partial charge in [0.2, 0.25) is 5.91 Å². The molecule has 0 spiro atoms. The standard InChI is InChI=1S/C11H15NO2.C2H6/c1-8(2)11(14)12-10-6-4-3-5-9(10)7-13;1-2/h3-6,8,13H,7H2,1-2H3,(H,12,14);1-2H3. The third kappa shape index (κ3) is 4.45. The average molecular weight is 223 g/mol. The molecule has 1 rings (SSSR count). The van der Waals surface area contributed by atoms with E-state index in [2.05, 4.69) is 5.32 Å². The van der Waals surface area contributed by atoms with E-state index in [0.29, 0.717) is 5.69 Å². The van der Waals surface area contributed by atoms with Crippen molar-refractivity contribution in [2.24, 2.45) is 5.92 Å². The van der Waals surface area contributed by atoms with Crippen molar-refractivity contribution in [2.75, 3.05) is 5.32 Å². The summed E-state index contributed by atoms with van der Waals surface area (Å²) in [5.41, 5.74) is 1.43. The molecule has 0 aliphatic rings. The lowest BCUT2D eigenvalue weighted by molar-refractivity contribution is -0.118. The first-order valence-corrected chi connectivity index (χ1v) is 5.64. The van der Waals surface area contributed by atoms with Crippen LogP contribution in [0.15, 0.2) is 24.3 Å². The number of amides is 1. The number of para-hydroxylation sites is 1. The Labute approximate surface area is 97.5 Å². The van der Waals surface area contributed by atoms with Gasteiger partial charge in [-0.05, 0) is 6.07 Å². The molecule has 0 aromatic heterocycles. The lowest BCUT2D eigenvalue weighted by atomic mass is 10.1. The molecular formula is C13H21NO2. The first kappa shape index (κ1) is 14.6. The quantitative estimate of drug-likeness (QED) is 0.827. The zero-order valence-corrected chi connectivity index (χ0v) is 10.4. The Hall–Kier alpha value is -1.35. The van der Waals surface area contributed by atoms with Gasteiger partial charge in [0.05, 0.1) is 6.61 Å². The summed E-state index contributed by atoms with van der Waals surface area (Å²) in [5, 5.41) is 11.8. The minimum absolute atomic E-state index is 0.0362. The predicted octanol–water partition coefficient (Wildman–Crippen LogP) is 2.80. The number of hydrogen-bond donors (Lipinski definition) is 2. The summed E-state index contributed by atoms with van der Waals surface area (Å²) < 4.78 is 0. The van der Waals surface area contributed by atoms with Crippen LogP contribution in [0.2, 0.25) is 0 Å². The summed E-state index contributed by atoms with van der Waals surface area (Å²) in [5.74, 6) is -0.0901. The number of aliphatic hydroxyl groups excluding tert-OH is 1. The van der Waals surface area contributed by atoms with Crippen LogP contribution in [0.25, 0.3) is 0 Å². The van der Waals surface area contributed by atoms with Gasteiger partial charge in [-0.15, -0.1) is 0 Å². The Morgan fingerprint density at radius 3 is 2.38 bits per heavy atom. The predicted molar refractivity (Wildman–Crippen MR) is 67.2 cm³/mol. The highest BCUT2D eigenvalue weighted by Crippen LogP contribution is 2.15. The minimum atomic E-state index is -0.0610. The highest BCUT2D eigenvalue weighted by Gasteiger charge is 2.08. The fourth-order valence-corrected chi connectivity index (χ4v) is 1.06. The molecule has 90 valence electrons. The van der Waals surface area contributed by atoms with Gasteiger partial charge in [0, 0.05) is 17.2 Å². The molecule has 0 saturated heterocycles. The highest BCUT2D eigenvalue weighted by atomic mass is 16.3. The number of nitrogens with one attached hydrogen (secondary N) is 1. The SMILES string of the molecule is CC.CC(C)C(=O)Nc1ccccc1CO. The second-order valence-corrected chi connectivity index (χ2v) is 3.46. The summed E-state index contributed by atoms with van der Waals surface area (Å²) in [4.78, 5) is 11.4. The maximum Gasteiger partial charge on any atom is 0.226 e. The molecule has 2 N–H and O–H groups in total. The number of carbonyl (C=O) groups is 1. The highest BCUT2D eigenvalue weighted by molar-refractivity contribution is 5.92. The Kier molecular flexibility index (Phi) is 7.21. The molecule has 0 aliphatic heterocycles. The molecule has 0 atom stereocenters. The Balaban J connectivity index is 0.00000106. The summed E-state index contributed by atoms with van der Waals surface area (Å²) >= 11 is 0. The fourth-order valence-electron chi connectivity index (χ4n) is 1.06. The molecule has 0 bridgehead atoms. The number of anilines is 1. The Morgan fingerprint density at radius 1 is 1.31 bits per heavy atom. The van der Waals surface area contributed by atoms with E-state index >= 15 is 0 Å². The van der Waals surface area contributed by atoms with E-state index in [4.69, 9.17) is 5.11 Å². The maximum atomic E-state index is 11.4. The van der Waals surface area contributed by atoms with E-state index in [0.717, 1.165) is 5.56 Å². The number of aliphatic hydroxyl groups is 1. The van der Waals surface area contributed by atoms with Gasteiger partial charge in [-0.1, -0.05) is 45.9 Å². The van der Waals surface area contributed by atoms with Gasteiger partial charge in [0.25, 0.3) is 0 Å². The molecule has 3 heteroatoms. The van der Waals surface area contributed by atoms with Gasteiger partial charge < -0.3 is 10.4 Å². The third-order valence-corrected chi connectivity index (χ3v) is 1.97. The molecule has 0 fully saturated rings. The van der Waals surface area contributed by atoms with E-state index in [-0.39, 0.29) is 18.4 Å². The van der Waals surface area contributed by atoms with E-state index in [1.807, 2.05) is 39.8 Å². The molecule has 16 heavy (non-hydrogen) atoms. The van der Waals surface area contributed by atoms with Crippen molar-refractivity contribution in [3.8, 4) is 0 Å². The summed E-state index contributed by atoms with van der Waals surface area (Å²) in [7, 11) is 0. The van der Waals surface area contributed by atoms with Crippen LogP contribution in [-0.4, -0.2) is 11.0 Å². The molecule has 0 unspecified atom stereocenters. The Morgan fingerprint density at radius 2 is 1.88 bits per heavy atom. The first-order chi connectivity index (χ1) is 7.65. The maximum absolute atomic E-state index is 11.4. The van der Waals surface area contributed by atoms with Gasteiger partial charge >= 0.3 is 0 Å². The van der Waals surface area contributed by atoms with Gasteiger partial charge in [-0.3, -0.25) is 4.79 Å². The van der Waals surface area contributed by atoms with Crippen molar-refractivity contribution in [1.29, 1.82) is 0 Å². The first-order valence-electron chi connectivity index (χ1n) is 5.64.